The van der Waals surface area contributed by atoms with Gasteiger partial charge in [0.2, 0.25) is 0 Å². The van der Waals surface area contributed by atoms with Crippen LogP contribution in [0.25, 0.3) is 0 Å². The van der Waals surface area contributed by atoms with Crippen molar-refractivity contribution in [2.24, 2.45) is 0 Å². The summed E-state index contributed by atoms with van der Waals surface area (Å²) in [7, 11) is 0. The maximum absolute atomic E-state index is 12.1. The first-order valence-electron chi connectivity index (χ1n) is 8.11. The highest BCUT2D eigenvalue weighted by atomic mass is 32.1. The Balaban J connectivity index is 1.56. The van der Waals surface area contributed by atoms with Crippen LogP contribution in [0.2, 0.25) is 0 Å². The Bertz CT molecular complexity index is 618. The Morgan fingerprint density at radius 2 is 2.26 bits per heavy atom. The number of aryl methyl sites for hydroxylation is 1. The first kappa shape index (κ1) is 16.0. The first-order chi connectivity index (χ1) is 11.3. The summed E-state index contributed by atoms with van der Waals surface area (Å²) in [5, 5.41) is 12.1. The quantitative estimate of drug-likeness (QED) is 0.854. The maximum Gasteiger partial charge on any atom is 0.319 e. The Morgan fingerprint density at radius 3 is 2.91 bits per heavy atom. The second-order valence-electron chi connectivity index (χ2n) is 5.69. The van der Waals surface area contributed by atoms with Gasteiger partial charge in [0, 0.05) is 24.2 Å². The van der Waals surface area contributed by atoms with Crippen LogP contribution < -0.4 is 10.6 Å². The highest BCUT2D eigenvalue weighted by molar-refractivity contribution is 7.10. The number of hydrogen-bond donors (Lipinski definition) is 2. The molecule has 1 saturated heterocycles. The van der Waals surface area contributed by atoms with E-state index in [1.165, 1.54) is 17.7 Å². The van der Waals surface area contributed by atoms with Crippen molar-refractivity contribution in [2.45, 2.75) is 32.4 Å². The molecule has 1 fully saturated rings. The molecule has 3 rings (SSSR count). The van der Waals surface area contributed by atoms with E-state index in [1.54, 1.807) is 22.2 Å². The van der Waals surface area contributed by atoms with E-state index in [0.717, 1.165) is 25.3 Å². The number of urea groups is 1. The second-order valence-corrected chi connectivity index (χ2v) is 6.67. The van der Waals surface area contributed by atoms with E-state index < -0.39 is 0 Å². The highest BCUT2D eigenvalue weighted by Crippen LogP contribution is 2.27. The van der Waals surface area contributed by atoms with Gasteiger partial charge in [-0.25, -0.2) is 4.79 Å². The standard InChI is InChI=1S/C16H23N5OS/c1-2-21-12-13(10-18-21)19-16(22)17-11-14(15-6-5-9-23-15)20-7-3-4-8-20/h5-6,9-10,12,14H,2-4,7-8,11H2,1H3,(H2,17,19,22). The minimum absolute atomic E-state index is 0.179. The number of carbonyl (C=O) groups is 1. The molecule has 6 nitrogen and oxygen atoms in total. The first-order valence-corrected chi connectivity index (χ1v) is 8.99. The zero-order valence-corrected chi connectivity index (χ0v) is 14.2. The average molecular weight is 333 g/mol. The van der Waals surface area contributed by atoms with Gasteiger partial charge in [0.05, 0.1) is 17.9 Å². The number of nitrogens with zero attached hydrogens (tertiary/aromatic N) is 3. The van der Waals surface area contributed by atoms with Crippen LogP contribution in [0.5, 0.6) is 0 Å². The highest BCUT2D eigenvalue weighted by Gasteiger charge is 2.24. The van der Waals surface area contributed by atoms with Crippen molar-refractivity contribution in [3.8, 4) is 0 Å². The molecule has 0 aromatic carbocycles. The van der Waals surface area contributed by atoms with Gasteiger partial charge in [0.1, 0.15) is 0 Å². The normalized spacial score (nSPS) is 16.4. The summed E-state index contributed by atoms with van der Waals surface area (Å²) in [5.74, 6) is 0. The van der Waals surface area contributed by atoms with Crippen LogP contribution in [0.3, 0.4) is 0 Å². The molecule has 0 bridgehead atoms. The van der Waals surface area contributed by atoms with Crippen molar-refractivity contribution >= 4 is 23.1 Å². The minimum Gasteiger partial charge on any atom is -0.336 e. The fraction of sp³-hybridized carbons (Fsp3) is 0.500. The smallest absolute Gasteiger partial charge is 0.319 e. The third-order valence-electron chi connectivity index (χ3n) is 4.12. The number of likely N-dealkylation sites (tertiary alicyclic amines) is 1. The number of hydrogen-bond acceptors (Lipinski definition) is 4. The molecule has 2 aromatic heterocycles. The van der Waals surface area contributed by atoms with E-state index in [4.69, 9.17) is 0 Å². The van der Waals surface area contributed by atoms with Crippen LogP contribution in [-0.4, -0.2) is 40.3 Å². The van der Waals surface area contributed by atoms with Crippen molar-refractivity contribution in [2.75, 3.05) is 25.0 Å². The molecule has 1 aliphatic rings. The van der Waals surface area contributed by atoms with Crippen molar-refractivity contribution in [1.82, 2.24) is 20.0 Å². The molecule has 23 heavy (non-hydrogen) atoms. The number of nitrogens with one attached hydrogen (secondary N) is 2. The third kappa shape index (κ3) is 4.11. The molecular formula is C16H23N5OS. The molecule has 1 atom stereocenters. The largest absolute Gasteiger partial charge is 0.336 e. The van der Waals surface area contributed by atoms with Crippen molar-refractivity contribution in [3.63, 3.8) is 0 Å². The molecule has 2 amide bonds. The third-order valence-corrected chi connectivity index (χ3v) is 5.10. The summed E-state index contributed by atoms with van der Waals surface area (Å²) in [4.78, 5) is 15.9. The monoisotopic (exact) mass is 333 g/mol. The molecule has 2 N–H and O–H groups in total. The van der Waals surface area contributed by atoms with Gasteiger partial charge in [-0.15, -0.1) is 11.3 Å². The Labute approximate surface area is 140 Å². The summed E-state index contributed by atoms with van der Waals surface area (Å²) in [5.41, 5.74) is 0.721. The minimum atomic E-state index is -0.179. The van der Waals surface area contributed by atoms with Gasteiger partial charge in [-0.05, 0) is 44.3 Å². The van der Waals surface area contributed by atoms with Gasteiger partial charge in [-0.3, -0.25) is 9.58 Å². The lowest BCUT2D eigenvalue weighted by molar-refractivity contribution is 0.229. The molecule has 124 valence electrons. The molecule has 0 spiro atoms. The lowest BCUT2D eigenvalue weighted by Gasteiger charge is -2.26. The number of anilines is 1. The molecule has 0 radical (unpaired) electrons. The molecule has 7 heteroatoms. The molecule has 2 aromatic rings. The van der Waals surface area contributed by atoms with E-state index in [9.17, 15) is 4.79 Å². The second kappa shape index (κ2) is 7.61. The van der Waals surface area contributed by atoms with Crippen LogP contribution in [0.1, 0.15) is 30.7 Å². The molecular weight excluding hydrogens is 310 g/mol. The van der Waals surface area contributed by atoms with Crippen LogP contribution in [-0.2, 0) is 6.54 Å². The van der Waals surface area contributed by atoms with Gasteiger partial charge < -0.3 is 10.6 Å². The van der Waals surface area contributed by atoms with Crippen LogP contribution in [0, 0.1) is 0 Å². The van der Waals surface area contributed by atoms with E-state index >= 15 is 0 Å². The SMILES string of the molecule is CCn1cc(NC(=O)NCC(c2cccs2)N2CCCC2)cn1. The zero-order valence-electron chi connectivity index (χ0n) is 13.4. The molecule has 1 aliphatic heterocycles. The Kier molecular flexibility index (Phi) is 5.30. The van der Waals surface area contributed by atoms with Crippen molar-refractivity contribution < 1.29 is 4.79 Å². The Morgan fingerprint density at radius 1 is 1.43 bits per heavy atom. The number of thiophene rings is 1. The van der Waals surface area contributed by atoms with Crippen LogP contribution in [0.15, 0.2) is 29.9 Å². The number of rotatable bonds is 6. The summed E-state index contributed by atoms with van der Waals surface area (Å²) >= 11 is 1.75. The number of aromatic nitrogens is 2. The van der Waals surface area contributed by atoms with Crippen LogP contribution >= 0.6 is 11.3 Å². The average Bonchev–Trinajstić information content (AvgIpc) is 3.30. The van der Waals surface area contributed by atoms with Crippen molar-refractivity contribution in [1.29, 1.82) is 0 Å². The molecule has 0 aliphatic carbocycles. The van der Waals surface area contributed by atoms with Crippen molar-refractivity contribution in [3.05, 3.63) is 34.8 Å². The van der Waals surface area contributed by atoms with Gasteiger partial charge in [0.25, 0.3) is 0 Å². The lowest BCUT2D eigenvalue weighted by atomic mass is 10.2. The van der Waals surface area contributed by atoms with E-state index in [1.807, 2.05) is 13.1 Å². The molecule has 0 saturated carbocycles. The number of amides is 2. The fourth-order valence-corrected chi connectivity index (χ4v) is 3.77. The van der Waals surface area contributed by atoms with E-state index in [0.29, 0.717) is 6.54 Å². The van der Waals surface area contributed by atoms with Gasteiger partial charge >= 0.3 is 6.03 Å². The summed E-state index contributed by atoms with van der Waals surface area (Å²) < 4.78 is 1.79. The fourth-order valence-electron chi connectivity index (χ4n) is 2.91. The predicted molar refractivity (Wildman–Crippen MR) is 92.8 cm³/mol. The Hall–Kier alpha value is -1.86. The van der Waals surface area contributed by atoms with Gasteiger partial charge in [-0.2, -0.15) is 5.10 Å². The summed E-state index contributed by atoms with van der Waals surface area (Å²) in [6, 6.07) is 4.31. The predicted octanol–water partition coefficient (Wildman–Crippen LogP) is 2.92. The zero-order chi connectivity index (χ0) is 16.1. The van der Waals surface area contributed by atoms with Gasteiger partial charge in [0.15, 0.2) is 0 Å². The molecule has 1 unspecified atom stereocenters. The van der Waals surface area contributed by atoms with Gasteiger partial charge in [-0.1, -0.05) is 6.07 Å². The van der Waals surface area contributed by atoms with E-state index in [-0.39, 0.29) is 12.1 Å². The lowest BCUT2D eigenvalue weighted by Crippen LogP contribution is -2.38. The summed E-state index contributed by atoms with van der Waals surface area (Å²) in [6.07, 6.45) is 5.98. The summed E-state index contributed by atoms with van der Waals surface area (Å²) in [6.45, 7) is 5.63. The topological polar surface area (TPSA) is 62.2 Å². The number of carbonyl (C=O) groups excluding carboxylic acids is 1. The van der Waals surface area contributed by atoms with Crippen LogP contribution in [0.4, 0.5) is 10.5 Å². The van der Waals surface area contributed by atoms with E-state index in [2.05, 4.69) is 38.1 Å². The molecule has 3 heterocycles. The maximum atomic E-state index is 12.1.